The molecule has 3 nitrogen and oxygen atoms in total. The average molecular weight is 270 g/mol. The maximum absolute atomic E-state index is 11.1. The van der Waals surface area contributed by atoms with Crippen LogP contribution in [0, 0.1) is 6.92 Å². The third-order valence-corrected chi connectivity index (χ3v) is 3.72. The molecule has 0 radical (unpaired) electrons. The number of aryl methyl sites for hydroxylation is 1. The highest BCUT2D eigenvalue weighted by atomic mass is 16.4. The van der Waals surface area contributed by atoms with E-state index in [0.29, 0.717) is 0 Å². The van der Waals surface area contributed by atoms with E-state index in [0.717, 1.165) is 11.1 Å². The Labute approximate surface area is 118 Å². The number of hydrogen-bond donors (Lipinski definition) is 2. The second-order valence-corrected chi connectivity index (χ2v) is 5.53. The van der Waals surface area contributed by atoms with Crippen LogP contribution in [0.25, 0.3) is 0 Å². The third-order valence-electron chi connectivity index (χ3n) is 3.72. The lowest BCUT2D eigenvalue weighted by molar-refractivity contribution is 0.0693. The Morgan fingerprint density at radius 1 is 1.00 bits per heavy atom. The smallest absolute Gasteiger partial charge is 0.339 e. The molecule has 2 rings (SSSR count). The van der Waals surface area contributed by atoms with Gasteiger partial charge in [0.25, 0.3) is 0 Å². The van der Waals surface area contributed by atoms with Crippen molar-refractivity contribution in [1.82, 2.24) is 0 Å². The number of benzene rings is 2. The molecule has 0 bridgehead atoms. The van der Waals surface area contributed by atoms with Crippen LogP contribution in [0.1, 0.15) is 40.9 Å². The van der Waals surface area contributed by atoms with Gasteiger partial charge in [0.1, 0.15) is 11.3 Å². The first-order chi connectivity index (χ1) is 9.32. The van der Waals surface area contributed by atoms with E-state index in [2.05, 4.69) is 0 Å². The van der Waals surface area contributed by atoms with E-state index in [1.165, 1.54) is 17.7 Å². The molecule has 2 aromatic carbocycles. The van der Waals surface area contributed by atoms with Crippen molar-refractivity contribution in [3.8, 4) is 5.75 Å². The van der Waals surface area contributed by atoms with Gasteiger partial charge in [0.15, 0.2) is 0 Å². The molecule has 2 N–H and O–H groups in total. The Hall–Kier alpha value is -2.29. The van der Waals surface area contributed by atoms with Crippen molar-refractivity contribution in [3.05, 3.63) is 64.7 Å². The fourth-order valence-corrected chi connectivity index (χ4v) is 2.23. The van der Waals surface area contributed by atoms with Gasteiger partial charge in [-0.1, -0.05) is 49.7 Å². The highest BCUT2D eigenvalue weighted by molar-refractivity contribution is 5.91. The van der Waals surface area contributed by atoms with Gasteiger partial charge in [-0.3, -0.25) is 0 Å². The summed E-state index contributed by atoms with van der Waals surface area (Å²) in [6.07, 6.45) is 0. The van der Waals surface area contributed by atoms with Crippen molar-refractivity contribution in [2.24, 2.45) is 0 Å². The molecule has 0 saturated carbocycles. The molecule has 0 aliphatic heterocycles. The van der Waals surface area contributed by atoms with E-state index < -0.39 is 5.97 Å². The van der Waals surface area contributed by atoms with Gasteiger partial charge in [0, 0.05) is 5.41 Å². The lowest BCUT2D eigenvalue weighted by atomic mass is 9.77. The van der Waals surface area contributed by atoms with Crippen molar-refractivity contribution < 1.29 is 15.0 Å². The third kappa shape index (κ3) is 2.52. The maximum Gasteiger partial charge on any atom is 0.339 e. The minimum absolute atomic E-state index is 0.0670. The number of phenols is 1. The van der Waals surface area contributed by atoms with Crippen molar-refractivity contribution in [2.75, 3.05) is 0 Å². The average Bonchev–Trinajstić information content (AvgIpc) is 2.39. The quantitative estimate of drug-likeness (QED) is 0.893. The highest BCUT2D eigenvalue weighted by Crippen LogP contribution is 2.33. The fourth-order valence-electron chi connectivity index (χ4n) is 2.23. The van der Waals surface area contributed by atoms with Crippen LogP contribution in [0.5, 0.6) is 5.75 Å². The second kappa shape index (κ2) is 5.00. The zero-order valence-electron chi connectivity index (χ0n) is 11.8. The largest absolute Gasteiger partial charge is 0.507 e. The normalized spacial score (nSPS) is 11.3. The first-order valence-electron chi connectivity index (χ1n) is 6.46. The number of carbonyl (C=O) groups is 1. The number of aromatic hydroxyl groups is 1. The van der Waals surface area contributed by atoms with Gasteiger partial charge in [0.2, 0.25) is 0 Å². The molecule has 0 aliphatic rings. The second-order valence-electron chi connectivity index (χ2n) is 5.53. The maximum atomic E-state index is 11.1. The van der Waals surface area contributed by atoms with Gasteiger partial charge in [-0.05, 0) is 30.2 Å². The zero-order valence-corrected chi connectivity index (χ0v) is 11.8. The summed E-state index contributed by atoms with van der Waals surface area (Å²) >= 11 is 0. The molecule has 3 heteroatoms. The zero-order chi connectivity index (χ0) is 14.9. The molecule has 20 heavy (non-hydrogen) atoms. The van der Waals surface area contributed by atoms with E-state index in [4.69, 9.17) is 5.11 Å². The van der Waals surface area contributed by atoms with Crippen LogP contribution < -0.4 is 0 Å². The van der Waals surface area contributed by atoms with Crippen molar-refractivity contribution in [2.45, 2.75) is 26.2 Å². The molecule has 0 fully saturated rings. The van der Waals surface area contributed by atoms with Gasteiger partial charge in [-0.25, -0.2) is 4.79 Å². The fraction of sp³-hybridized carbons (Fsp3) is 0.235. The first kappa shape index (κ1) is 14.1. The summed E-state index contributed by atoms with van der Waals surface area (Å²) in [5.41, 5.74) is 2.75. The number of carboxylic acids is 1. The van der Waals surface area contributed by atoms with E-state index in [1.54, 1.807) is 6.07 Å². The van der Waals surface area contributed by atoms with Gasteiger partial charge in [0.05, 0.1) is 0 Å². The number of rotatable bonds is 3. The molecule has 0 spiro atoms. The summed E-state index contributed by atoms with van der Waals surface area (Å²) in [5, 5.41) is 18.7. The number of carboxylic acid groups (broad SMARTS) is 1. The highest BCUT2D eigenvalue weighted by Gasteiger charge is 2.25. The van der Waals surface area contributed by atoms with Crippen molar-refractivity contribution in [3.63, 3.8) is 0 Å². The van der Waals surface area contributed by atoms with Gasteiger partial charge in [-0.2, -0.15) is 0 Å². The molecule has 0 amide bonds. The van der Waals surface area contributed by atoms with E-state index in [1.807, 2.05) is 45.0 Å². The standard InChI is InChI=1S/C17H18O3/c1-11-4-6-12(7-5-11)17(2,3)13-8-9-15(18)14(10-13)16(19)20/h4-10,18H,1-3H3,(H,19,20). The Morgan fingerprint density at radius 2 is 1.55 bits per heavy atom. The van der Waals surface area contributed by atoms with Crippen LogP contribution in [0.2, 0.25) is 0 Å². The molecule has 2 aromatic rings. The molecular weight excluding hydrogens is 252 g/mol. The van der Waals surface area contributed by atoms with Gasteiger partial charge >= 0.3 is 5.97 Å². The number of aromatic carboxylic acids is 1. The molecule has 0 heterocycles. The lowest BCUT2D eigenvalue weighted by Gasteiger charge is -2.26. The Kier molecular flexibility index (Phi) is 3.53. The molecule has 0 unspecified atom stereocenters. The Balaban J connectivity index is 2.51. The molecule has 0 aliphatic carbocycles. The van der Waals surface area contributed by atoms with Gasteiger partial charge < -0.3 is 10.2 Å². The summed E-state index contributed by atoms with van der Waals surface area (Å²) in [7, 11) is 0. The minimum Gasteiger partial charge on any atom is -0.507 e. The molecule has 0 saturated heterocycles. The minimum atomic E-state index is -1.12. The van der Waals surface area contributed by atoms with Gasteiger partial charge in [-0.15, -0.1) is 0 Å². The number of hydrogen-bond acceptors (Lipinski definition) is 2. The Morgan fingerprint density at radius 3 is 2.10 bits per heavy atom. The summed E-state index contributed by atoms with van der Waals surface area (Å²) in [4.78, 5) is 11.1. The van der Waals surface area contributed by atoms with E-state index in [-0.39, 0.29) is 16.7 Å². The van der Waals surface area contributed by atoms with Crippen LogP contribution in [0.4, 0.5) is 0 Å². The van der Waals surface area contributed by atoms with Crippen LogP contribution in [-0.2, 0) is 5.41 Å². The topological polar surface area (TPSA) is 57.5 Å². The van der Waals surface area contributed by atoms with Crippen LogP contribution in [0.3, 0.4) is 0 Å². The summed E-state index contributed by atoms with van der Waals surface area (Å²) in [5.74, 6) is -1.33. The van der Waals surface area contributed by atoms with Crippen LogP contribution in [0.15, 0.2) is 42.5 Å². The molecule has 0 aromatic heterocycles. The van der Waals surface area contributed by atoms with Crippen molar-refractivity contribution in [1.29, 1.82) is 0 Å². The summed E-state index contributed by atoms with van der Waals surface area (Å²) in [6, 6.07) is 12.9. The molecular formula is C17H18O3. The summed E-state index contributed by atoms with van der Waals surface area (Å²) < 4.78 is 0. The monoisotopic (exact) mass is 270 g/mol. The van der Waals surface area contributed by atoms with Crippen molar-refractivity contribution >= 4 is 5.97 Å². The first-order valence-corrected chi connectivity index (χ1v) is 6.46. The Bertz CT molecular complexity index is 640. The molecule has 104 valence electrons. The van der Waals surface area contributed by atoms with Crippen LogP contribution in [-0.4, -0.2) is 16.2 Å². The predicted molar refractivity (Wildman–Crippen MR) is 78.4 cm³/mol. The molecule has 0 atom stereocenters. The van der Waals surface area contributed by atoms with E-state index >= 15 is 0 Å². The summed E-state index contributed by atoms with van der Waals surface area (Å²) in [6.45, 7) is 6.10. The predicted octanol–water partition coefficient (Wildman–Crippen LogP) is 3.72. The van der Waals surface area contributed by atoms with Crippen LogP contribution >= 0.6 is 0 Å². The lowest BCUT2D eigenvalue weighted by Crippen LogP contribution is -2.19. The van der Waals surface area contributed by atoms with E-state index in [9.17, 15) is 9.90 Å². The SMILES string of the molecule is Cc1ccc(C(C)(C)c2ccc(O)c(C(=O)O)c2)cc1.